The Hall–Kier alpha value is -1.35. The summed E-state index contributed by atoms with van der Waals surface area (Å²) in [6.45, 7) is 5.95. The van der Waals surface area contributed by atoms with E-state index in [0.29, 0.717) is 0 Å². The molecule has 1 rings (SSSR count). The molecule has 0 saturated heterocycles. The van der Waals surface area contributed by atoms with Crippen molar-refractivity contribution in [2.45, 2.75) is 33.2 Å². The van der Waals surface area contributed by atoms with E-state index in [1.807, 2.05) is 32.0 Å². The molecule has 0 aliphatic carbocycles. The average molecular weight is 220 g/mol. The number of nitrogens with one attached hydrogen (secondary N) is 2. The van der Waals surface area contributed by atoms with Gasteiger partial charge in [0.05, 0.1) is 6.04 Å². The summed E-state index contributed by atoms with van der Waals surface area (Å²) in [4.78, 5) is 11.8. The summed E-state index contributed by atoms with van der Waals surface area (Å²) in [5.74, 6) is 0.00602. The number of carbonyl (C=O) groups excluding carboxylic acids is 1. The van der Waals surface area contributed by atoms with E-state index < -0.39 is 0 Å². The van der Waals surface area contributed by atoms with Crippen molar-refractivity contribution in [2.75, 3.05) is 12.4 Å². The van der Waals surface area contributed by atoms with Gasteiger partial charge in [0, 0.05) is 5.69 Å². The van der Waals surface area contributed by atoms with Crippen LogP contribution in [0.5, 0.6) is 0 Å². The second kappa shape index (κ2) is 5.66. The maximum absolute atomic E-state index is 11.8. The Balaban J connectivity index is 2.92. The van der Waals surface area contributed by atoms with E-state index in [0.717, 1.165) is 17.7 Å². The Morgan fingerprint density at radius 2 is 2.12 bits per heavy atom. The molecule has 1 unspecified atom stereocenters. The van der Waals surface area contributed by atoms with Gasteiger partial charge in [-0.25, -0.2) is 0 Å². The quantitative estimate of drug-likeness (QED) is 0.816. The first-order valence-corrected chi connectivity index (χ1v) is 5.66. The molecule has 0 heterocycles. The predicted molar refractivity (Wildman–Crippen MR) is 67.7 cm³/mol. The minimum Gasteiger partial charge on any atom is -0.324 e. The van der Waals surface area contributed by atoms with Gasteiger partial charge in [-0.3, -0.25) is 4.79 Å². The number of aryl methyl sites for hydroxylation is 2. The van der Waals surface area contributed by atoms with Gasteiger partial charge in [-0.15, -0.1) is 0 Å². The lowest BCUT2D eigenvalue weighted by atomic mass is 10.1. The molecule has 1 aromatic rings. The summed E-state index contributed by atoms with van der Waals surface area (Å²) in [7, 11) is 1.78. The molecule has 3 nitrogen and oxygen atoms in total. The van der Waals surface area contributed by atoms with Crippen molar-refractivity contribution in [3.8, 4) is 0 Å². The number of rotatable bonds is 4. The molecule has 0 saturated carbocycles. The first kappa shape index (κ1) is 12.7. The summed E-state index contributed by atoms with van der Waals surface area (Å²) in [6.07, 6.45) is 0.922. The third-order valence-corrected chi connectivity index (χ3v) is 2.81. The summed E-state index contributed by atoms with van der Waals surface area (Å²) < 4.78 is 0. The highest BCUT2D eigenvalue weighted by Crippen LogP contribution is 2.21. The molecule has 0 bridgehead atoms. The minimum absolute atomic E-state index is 0.00602. The Morgan fingerprint density at radius 1 is 1.44 bits per heavy atom. The number of hydrogen-bond acceptors (Lipinski definition) is 2. The molecule has 0 radical (unpaired) electrons. The van der Waals surface area contributed by atoms with Crippen LogP contribution < -0.4 is 10.6 Å². The van der Waals surface area contributed by atoms with Crippen LogP contribution in [0.2, 0.25) is 0 Å². The molecule has 3 heteroatoms. The molecule has 0 aliphatic rings. The second-order valence-corrected chi connectivity index (χ2v) is 3.96. The third kappa shape index (κ3) is 2.83. The number of para-hydroxylation sites is 1. The maximum Gasteiger partial charge on any atom is 0.241 e. The van der Waals surface area contributed by atoms with Gasteiger partial charge >= 0.3 is 0 Å². The number of hydrogen-bond donors (Lipinski definition) is 2. The number of carbonyl (C=O) groups is 1. The highest BCUT2D eigenvalue weighted by molar-refractivity contribution is 5.95. The van der Waals surface area contributed by atoms with Gasteiger partial charge in [-0.1, -0.05) is 25.1 Å². The third-order valence-electron chi connectivity index (χ3n) is 2.81. The zero-order chi connectivity index (χ0) is 12.1. The van der Waals surface area contributed by atoms with Gasteiger partial charge in [0.2, 0.25) is 5.91 Å². The topological polar surface area (TPSA) is 41.1 Å². The van der Waals surface area contributed by atoms with Crippen molar-refractivity contribution >= 4 is 11.6 Å². The molecule has 0 spiro atoms. The van der Waals surface area contributed by atoms with Gasteiger partial charge in [0.25, 0.3) is 0 Å². The molecule has 1 amide bonds. The van der Waals surface area contributed by atoms with E-state index in [4.69, 9.17) is 0 Å². The fourth-order valence-electron chi connectivity index (χ4n) is 1.56. The molecule has 0 aliphatic heterocycles. The smallest absolute Gasteiger partial charge is 0.241 e. The Morgan fingerprint density at radius 3 is 2.69 bits per heavy atom. The van der Waals surface area contributed by atoms with Crippen molar-refractivity contribution < 1.29 is 4.79 Å². The number of likely N-dealkylation sites (N-methyl/N-ethyl adjacent to an activating group) is 1. The van der Waals surface area contributed by atoms with Crippen molar-refractivity contribution in [2.24, 2.45) is 0 Å². The van der Waals surface area contributed by atoms with Crippen LogP contribution in [0, 0.1) is 6.92 Å². The normalized spacial score (nSPS) is 12.2. The lowest BCUT2D eigenvalue weighted by Gasteiger charge is -2.15. The lowest BCUT2D eigenvalue weighted by molar-refractivity contribution is -0.117. The molecule has 1 atom stereocenters. The van der Waals surface area contributed by atoms with Crippen LogP contribution in [0.25, 0.3) is 0 Å². The lowest BCUT2D eigenvalue weighted by Crippen LogP contribution is -2.35. The predicted octanol–water partition coefficient (Wildman–Crippen LogP) is 2.10. The van der Waals surface area contributed by atoms with Gasteiger partial charge in [0.1, 0.15) is 0 Å². The summed E-state index contributed by atoms with van der Waals surface area (Å²) in [5, 5.41) is 5.91. The van der Waals surface area contributed by atoms with Gasteiger partial charge in [-0.05, 0) is 38.4 Å². The molecular weight excluding hydrogens is 200 g/mol. The summed E-state index contributed by atoms with van der Waals surface area (Å²) in [6, 6.07) is 5.90. The first-order valence-electron chi connectivity index (χ1n) is 5.66. The standard InChI is InChI=1S/C13H20N2O/c1-5-11-8-6-7-9(2)12(11)15-13(16)10(3)14-4/h6-8,10,14H,5H2,1-4H3,(H,15,16). The highest BCUT2D eigenvalue weighted by atomic mass is 16.2. The second-order valence-electron chi connectivity index (χ2n) is 3.96. The number of anilines is 1. The van der Waals surface area contributed by atoms with Crippen LogP contribution in [0.1, 0.15) is 25.0 Å². The molecular formula is C13H20N2O. The summed E-state index contributed by atoms with van der Waals surface area (Å²) >= 11 is 0. The molecule has 0 fully saturated rings. The number of benzene rings is 1. The Bertz CT molecular complexity index is 374. The monoisotopic (exact) mass is 220 g/mol. The number of amides is 1. The SMILES string of the molecule is CCc1cccc(C)c1NC(=O)C(C)NC. The first-order chi connectivity index (χ1) is 7.60. The van der Waals surface area contributed by atoms with E-state index in [-0.39, 0.29) is 11.9 Å². The van der Waals surface area contributed by atoms with Crippen LogP contribution in [-0.4, -0.2) is 19.0 Å². The highest BCUT2D eigenvalue weighted by Gasteiger charge is 2.13. The van der Waals surface area contributed by atoms with E-state index in [9.17, 15) is 4.79 Å². The van der Waals surface area contributed by atoms with E-state index in [1.54, 1.807) is 7.05 Å². The van der Waals surface area contributed by atoms with E-state index in [1.165, 1.54) is 5.56 Å². The minimum atomic E-state index is -0.177. The van der Waals surface area contributed by atoms with Crippen molar-refractivity contribution in [1.29, 1.82) is 0 Å². The zero-order valence-electron chi connectivity index (χ0n) is 10.4. The molecule has 16 heavy (non-hydrogen) atoms. The van der Waals surface area contributed by atoms with Crippen LogP contribution in [0.3, 0.4) is 0 Å². The van der Waals surface area contributed by atoms with Crippen molar-refractivity contribution in [3.05, 3.63) is 29.3 Å². The van der Waals surface area contributed by atoms with Crippen LogP contribution >= 0.6 is 0 Å². The van der Waals surface area contributed by atoms with Crippen LogP contribution in [0.4, 0.5) is 5.69 Å². The van der Waals surface area contributed by atoms with Crippen molar-refractivity contribution in [1.82, 2.24) is 5.32 Å². The Kier molecular flexibility index (Phi) is 4.50. The molecule has 2 N–H and O–H groups in total. The van der Waals surface area contributed by atoms with Gasteiger partial charge in [0.15, 0.2) is 0 Å². The average Bonchev–Trinajstić information content (AvgIpc) is 2.30. The van der Waals surface area contributed by atoms with E-state index >= 15 is 0 Å². The zero-order valence-corrected chi connectivity index (χ0v) is 10.4. The van der Waals surface area contributed by atoms with Crippen LogP contribution in [0.15, 0.2) is 18.2 Å². The van der Waals surface area contributed by atoms with E-state index in [2.05, 4.69) is 17.6 Å². The van der Waals surface area contributed by atoms with Crippen molar-refractivity contribution in [3.63, 3.8) is 0 Å². The largest absolute Gasteiger partial charge is 0.324 e. The van der Waals surface area contributed by atoms with Gasteiger partial charge < -0.3 is 10.6 Å². The Labute approximate surface area is 97.2 Å². The molecule has 0 aromatic heterocycles. The summed E-state index contributed by atoms with van der Waals surface area (Å²) in [5.41, 5.74) is 3.24. The fourth-order valence-corrected chi connectivity index (χ4v) is 1.56. The van der Waals surface area contributed by atoms with Gasteiger partial charge in [-0.2, -0.15) is 0 Å². The maximum atomic E-state index is 11.8. The fraction of sp³-hybridized carbons (Fsp3) is 0.462. The molecule has 88 valence electrons. The molecule has 1 aromatic carbocycles. The van der Waals surface area contributed by atoms with Crippen LogP contribution in [-0.2, 0) is 11.2 Å².